The third-order valence-electron chi connectivity index (χ3n) is 3.41. The van der Waals surface area contributed by atoms with Crippen molar-refractivity contribution in [1.29, 1.82) is 5.26 Å². The van der Waals surface area contributed by atoms with Crippen LogP contribution in [-0.2, 0) is 6.54 Å². The number of rotatable bonds is 5. The molecule has 1 aromatic rings. The summed E-state index contributed by atoms with van der Waals surface area (Å²) in [5, 5.41) is 16.6. The standard InChI is InChI=1S/C13H20N4/c14-11-12-4-1-5-13(10-12)15-6-2-8-17-9-3-7-16-17/h3,7,9,12-13,15H,1-2,4-6,8,10H2/t12-,13+/m1/s1. The first-order chi connectivity index (χ1) is 8.38. The second kappa shape index (κ2) is 6.41. The molecule has 1 N–H and O–H groups in total. The van der Waals surface area contributed by atoms with Crippen LogP contribution in [0.15, 0.2) is 18.5 Å². The summed E-state index contributed by atoms with van der Waals surface area (Å²) in [7, 11) is 0. The second-order valence-corrected chi connectivity index (χ2v) is 4.77. The fourth-order valence-corrected chi connectivity index (χ4v) is 2.47. The van der Waals surface area contributed by atoms with Crippen LogP contribution < -0.4 is 5.32 Å². The minimum Gasteiger partial charge on any atom is -0.314 e. The van der Waals surface area contributed by atoms with Gasteiger partial charge in [-0.1, -0.05) is 6.42 Å². The van der Waals surface area contributed by atoms with Gasteiger partial charge in [0.25, 0.3) is 0 Å². The van der Waals surface area contributed by atoms with Crippen molar-refractivity contribution in [2.45, 2.75) is 44.7 Å². The van der Waals surface area contributed by atoms with E-state index in [2.05, 4.69) is 16.5 Å². The lowest BCUT2D eigenvalue weighted by Gasteiger charge is -2.26. The molecule has 0 bridgehead atoms. The first-order valence-electron chi connectivity index (χ1n) is 6.49. The highest BCUT2D eigenvalue weighted by Crippen LogP contribution is 2.23. The van der Waals surface area contributed by atoms with Gasteiger partial charge in [-0.3, -0.25) is 4.68 Å². The van der Waals surface area contributed by atoms with Gasteiger partial charge in [0, 0.05) is 30.9 Å². The highest BCUT2D eigenvalue weighted by molar-refractivity contribution is 4.90. The smallest absolute Gasteiger partial charge is 0.0656 e. The van der Waals surface area contributed by atoms with Crippen LogP contribution in [-0.4, -0.2) is 22.4 Å². The monoisotopic (exact) mass is 232 g/mol. The Labute approximate surface area is 103 Å². The van der Waals surface area contributed by atoms with E-state index in [-0.39, 0.29) is 5.92 Å². The predicted octanol–water partition coefficient (Wildman–Crippen LogP) is 1.95. The number of nitrogens with zero attached hydrogens (tertiary/aromatic N) is 3. The first kappa shape index (κ1) is 12.1. The van der Waals surface area contributed by atoms with Crippen molar-refractivity contribution in [2.24, 2.45) is 5.92 Å². The van der Waals surface area contributed by atoms with Gasteiger partial charge in [-0.15, -0.1) is 0 Å². The molecule has 17 heavy (non-hydrogen) atoms. The fourth-order valence-electron chi connectivity index (χ4n) is 2.47. The Hall–Kier alpha value is -1.34. The molecule has 1 aromatic heterocycles. The highest BCUT2D eigenvalue weighted by atomic mass is 15.3. The molecule has 0 radical (unpaired) electrons. The van der Waals surface area contributed by atoms with E-state index < -0.39 is 0 Å². The van der Waals surface area contributed by atoms with Crippen LogP contribution in [0.25, 0.3) is 0 Å². The van der Waals surface area contributed by atoms with Gasteiger partial charge in [-0.25, -0.2) is 0 Å². The van der Waals surface area contributed by atoms with Crippen LogP contribution in [0.1, 0.15) is 32.1 Å². The van der Waals surface area contributed by atoms with Crippen LogP contribution in [0.5, 0.6) is 0 Å². The van der Waals surface area contributed by atoms with Crippen molar-refractivity contribution in [3.05, 3.63) is 18.5 Å². The zero-order chi connectivity index (χ0) is 11.9. The van der Waals surface area contributed by atoms with Crippen LogP contribution in [0.4, 0.5) is 0 Å². The molecule has 1 saturated carbocycles. The van der Waals surface area contributed by atoms with Crippen LogP contribution >= 0.6 is 0 Å². The number of nitrogens with one attached hydrogen (secondary N) is 1. The number of aryl methyl sites for hydroxylation is 1. The normalized spacial score (nSPS) is 24.4. The van der Waals surface area contributed by atoms with E-state index in [0.29, 0.717) is 6.04 Å². The van der Waals surface area contributed by atoms with Crippen LogP contribution in [0.3, 0.4) is 0 Å². The number of nitriles is 1. The summed E-state index contributed by atoms with van der Waals surface area (Å²) < 4.78 is 1.96. The molecule has 1 aliphatic carbocycles. The SMILES string of the molecule is N#C[C@@H]1CCC[C@H](NCCCn2cccn2)C1. The van der Waals surface area contributed by atoms with Crippen LogP contribution in [0, 0.1) is 17.2 Å². The van der Waals surface area contributed by atoms with Gasteiger partial charge in [-0.05, 0) is 38.3 Å². The number of hydrogen-bond acceptors (Lipinski definition) is 3. The molecule has 0 spiro atoms. The Bertz CT molecular complexity index is 352. The Morgan fingerprint density at radius 1 is 1.47 bits per heavy atom. The van der Waals surface area contributed by atoms with E-state index in [1.807, 2.05) is 23.1 Å². The molecule has 4 heteroatoms. The molecule has 1 heterocycles. The van der Waals surface area contributed by atoms with Crippen molar-refractivity contribution in [2.75, 3.05) is 6.54 Å². The lowest BCUT2D eigenvalue weighted by atomic mass is 9.87. The van der Waals surface area contributed by atoms with Crippen LogP contribution in [0.2, 0.25) is 0 Å². The summed E-state index contributed by atoms with van der Waals surface area (Å²) in [6, 6.07) is 4.89. The molecule has 2 atom stereocenters. The molecule has 2 rings (SSSR count). The quantitative estimate of drug-likeness (QED) is 0.789. The second-order valence-electron chi connectivity index (χ2n) is 4.77. The van der Waals surface area contributed by atoms with Gasteiger partial charge >= 0.3 is 0 Å². The average molecular weight is 232 g/mol. The predicted molar refractivity (Wildman–Crippen MR) is 66.2 cm³/mol. The zero-order valence-electron chi connectivity index (χ0n) is 10.2. The molecule has 92 valence electrons. The van der Waals surface area contributed by atoms with Gasteiger partial charge in [0.2, 0.25) is 0 Å². The lowest BCUT2D eigenvalue weighted by molar-refractivity contribution is 0.324. The summed E-state index contributed by atoms with van der Waals surface area (Å²) in [6.07, 6.45) is 9.42. The molecule has 0 unspecified atom stereocenters. The molecule has 1 aliphatic rings. The summed E-state index contributed by atoms with van der Waals surface area (Å²) in [5.41, 5.74) is 0. The highest BCUT2D eigenvalue weighted by Gasteiger charge is 2.20. The minimum atomic E-state index is 0.271. The van der Waals surface area contributed by atoms with E-state index in [0.717, 1.165) is 32.4 Å². The minimum absolute atomic E-state index is 0.271. The fraction of sp³-hybridized carbons (Fsp3) is 0.692. The maximum absolute atomic E-state index is 8.92. The van der Waals surface area contributed by atoms with Crippen molar-refractivity contribution in [3.8, 4) is 6.07 Å². The van der Waals surface area contributed by atoms with Gasteiger partial charge in [0.15, 0.2) is 0 Å². The van der Waals surface area contributed by atoms with Gasteiger partial charge in [0.1, 0.15) is 0 Å². The van der Waals surface area contributed by atoms with Crippen molar-refractivity contribution >= 4 is 0 Å². The maximum Gasteiger partial charge on any atom is 0.0656 e. The van der Waals surface area contributed by atoms with Crippen molar-refractivity contribution in [3.63, 3.8) is 0 Å². The van der Waals surface area contributed by atoms with E-state index >= 15 is 0 Å². The Morgan fingerprint density at radius 2 is 2.41 bits per heavy atom. The number of aromatic nitrogens is 2. The Balaban J connectivity index is 1.60. The van der Waals surface area contributed by atoms with Gasteiger partial charge in [0.05, 0.1) is 6.07 Å². The molecule has 0 saturated heterocycles. The maximum atomic E-state index is 8.92. The summed E-state index contributed by atoms with van der Waals surface area (Å²) in [5.74, 6) is 0.271. The first-order valence-corrected chi connectivity index (χ1v) is 6.49. The average Bonchev–Trinajstić information content (AvgIpc) is 2.88. The third kappa shape index (κ3) is 3.86. The molecule has 0 aliphatic heterocycles. The molecular formula is C13H20N4. The zero-order valence-corrected chi connectivity index (χ0v) is 10.2. The number of hydrogen-bond donors (Lipinski definition) is 1. The Morgan fingerprint density at radius 3 is 3.18 bits per heavy atom. The van der Waals surface area contributed by atoms with E-state index in [9.17, 15) is 0 Å². The summed E-state index contributed by atoms with van der Waals surface area (Å²) in [4.78, 5) is 0. The molecular weight excluding hydrogens is 212 g/mol. The van der Waals surface area contributed by atoms with Crippen molar-refractivity contribution < 1.29 is 0 Å². The third-order valence-corrected chi connectivity index (χ3v) is 3.41. The van der Waals surface area contributed by atoms with Gasteiger partial charge in [-0.2, -0.15) is 10.4 Å². The summed E-state index contributed by atoms with van der Waals surface area (Å²) >= 11 is 0. The van der Waals surface area contributed by atoms with Crippen molar-refractivity contribution in [1.82, 2.24) is 15.1 Å². The van der Waals surface area contributed by atoms with E-state index in [1.54, 1.807) is 0 Å². The molecule has 0 amide bonds. The van der Waals surface area contributed by atoms with E-state index in [4.69, 9.17) is 5.26 Å². The molecule has 1 fully saturated rings. The largest absolute Gasteiger partial charge is 0.314 e. The lowest BCUT2D eigenvalue weighted by Crippen LogP contribution is -2.34. The Kier molecular flexibility index (Phi) is 4.57. The molecule has 0 aromatic carbocycles. The topological polar surface area (TPSA) is 53.6 Å². The van der Waals surface area contributed by atoms with E-state index in [1.165, 1.54) is 12.8 Å². The molecule has 4 nitrogen and oxygen atoms in total. The summed E-state index contributed by atoms with van der Waals surface area (Å²) in [6.45, 7) is 1.98. The van der Waals surface area contributed by atoms with Gasteiger partial charge < -0.3 is 5.32 Å².